The number of pyridine rings is 1. The molecule has 184 valence electrons. The zero-order valence-electron chi connectivity index (χ0n) is 21.0. The maximum atomic E-state index is 15.4. The molecule has 0 aliphatic carbocycles. The number of rotatable bonds is 2. The van der Waals surface area contributed by atoms with Gasteiger partial charge < -0.3 is 0 Å². The number of hydrogen-bond acceptors (Lipinski definition) is 2. The molecular formula is C35H23N2OP. The quantitative estimate of drug-likeness (QED) is 0.216. The van der Waals surface area contributed by atoms with Crippen LogP contribution in [0.4, 0.5) is 11.4 Å². The Balaban J connectivity index is 1.34. The predicted octanol–water partition coefficient (Wildman–Crippen LogP) is 8.44. The van der Waals surface area contributed by atoms with Crippen molar-refractivity contribution < 1.29 is 4.57 Å². The summed E-state index contributed by atoms with van der Waals surface area (Å²) in [7, 11) is -3.16. The first-order valence-electron chi connectivity index (χ1n) is 13.1. The fourth-order valence-corrected chi connectivity index (χ4v) is 9.34. The third kappa shape index (κ3) is 3.17. The first-order valence-corrected chi connectivity index (χ1v) is 14.7. The van der Waals surface area contributed by atoms with Crippen LogP contribution in [0.25, 0.3) is 44.6 Å². The molecule has 5 aromatic carbocycles. The molecule has 2 aliphatic rings. The second-order valence-electron chi connectivity index (χ2n) is 9.96. The highest BCUT2D eigenvalue weighted by Crippen LogP contribution is 2.65. The van der Waals surface area contributed by atoms with E-state index in [2.05, 4.69) is 82.5 Å². The topological polar surface area (TPSA) is 33.2 Å². The van der Waals surface area contributed by atoms with Crippen molar-refractivity contribution in [2.45, 2.75) is 0 Å². The molecule has 1 atom stereocenters. The first-order chi connectivity index (χ1) is 19.2. The molecule has 0 saturated heterocycles. The summed E-state index contributed by atoms with van der Waals surface area (Å²) in [6, 6.07) is 45.8. The van der Waals surface area contributed by atoms with Crippen LogP contribution in [0.1, 0.15) is 0 Å². The third-order valence-electron chi connectivity index (χ3n) is 7.86. The van der Waals surface area contributed by atoms with E-state index in [0.717, 1.165) is 66.6 Å². The van der Waals surface area contributed by atoms with Gasteiger partial charge >= 0.3 is 0 Å². The number of benzene rings is 5. The second kappa shape index (κ2) is 8.39. The lowest BCUT2D eigenvalue weighted by molar-refractivity contribution is 0.586. The number of fused-ring (bicyclic) bond motifs is 11. The Morgan fingerprint density at radius 1 is 0.487 bits per heavy atom. The fourth-order valence-electron chi connectivity index (χ4n) is 6.08. The van der Waals surface area contributed by atoms with Crippen molar-refractivity contribution in [3.05, 3.63) is 140 Å². The largest absolute Gasteiger partial charge is 0.289 e. The number of nitrogens with zero attached hydrogens (tertiary/aromatic N) is 2. The number of hydrogen-bond donors (Lipinski definition) is 0. The van der Waals surface area contributed by atoms with E-state index in [4.69, 9.17) is 0 Å². The molecule has 0 saturated carbocycles. The van der Waals surface area contributed by atoms with Crippen LogP contribution in [0, 0.1) is 0 Å². The van der Waals surface area contributed by atoms with Gasteiger partial charge in [-0.25, -0.2) is 0 Å². The Kier molecular flexibility index (Phi) is 4.79. The number of aromatic nitrogens is 1. The van der Waals surface area contributed by atoms with Gasteiger partial charge in [-0.15, -0.1) is 0 Å². The van der Waals surface area contributed by atoms with E-state index in [-0.39, 0.29) is 0 Å². The van der Waals surface area contributed by atoms with Gasteiger partial charge in [-0.05, 0) is 64.7 Å². The van der Waals surface area contributed by atoms with Crippen LogP contribution in [0.15, 0.2) is 140 Å². The second-order valence-corrected chi connectivity index (χ2v) is 12.5. The zero-order valence-corrected chi connectivity index (χ0v) is 21.9. The maximum absolute atomic E-state index is 15.4. The van der Waals surface area contributed by atoms with Gasteiger partial charge in [0.1, 0.15) is 0 Å². The molecule has 1 aromatic heterocycles. The summed E-state index contributed by atoms with van der Waals surface area (Å²) in [6.45, 7) is 0. The molecule has 0 spiro atoms. The summed E-state index contributed by atoms with van der Waals surface area (Å²) < 4.78 is 17.6. The Bertz CT molecular complexity index is 1950. The van der Waals surface area contributed by atoms with Gasteiger partial charge in [0.15, 0.2) is 0 Å². The Morgan fingerprint density at radius 2 is 1.05 bits per heavy atom. The molecule has 4 heteroatoms. The van der Waals surface area contributed by atoms with Crippen molar-refractivity contribution in [1.82, 2.24) is 4.98 Å². The summed E-state index contributed by atoms with van der Waals surface area (Å²) in [5, 5.41) is 1.79. The molecule has 39 heavy (non-hydrogen) atoms. The van der Waals surface area contributed by atoms with Crippen LogP contribution >= 0.6 is 7.29 Å². The van der Waals surface area contributed by atoms with E-state index in [0.29, 0.717) is 0 Å². The molecule has 0 bridgehead atoms. The highest BCUT2D eigenvalue weighted by molar-refractivity contribution is 7.81. The van der Waals surface area contributed by atoms with Crippen molar-refractivity contribution in [3.63, 3.8) is 0 Å². The van der Waals surface area contributed by atoms with E-state index < -0.39 is 7.29 Å². The van der Waals surface area contributed by atoms with Crippen molar-refractivity contribution in [2.75, 3.05) is 4.67 Å². The van der Waals surface area contributed by atoms with Crippen molar-refractivity contribution in [1.29, 1.82) is 0 Å². The molecule has 3 heterocycles. The minimum absolute atomic E-state index is 0.891. The highest BCUT2D eigenvalue weighted by atomic mass is 31.2. The SMILES string of the molecule is O=P12c3ccccc3-c3ccccc3N1c1ccc(-c3ccc(-c4ccccn4)cc3)cc1-c1ccccc12. The molecule has 2 aliphatic heterocycles. The highest BCUT2D eigenvalue weighted by Gasteiger charge is 2.47. The Morgan fingerprint density at radius 3 is 1.77 bits per heavy atom. The minimum Gasteiger partial charge on any atom is -0.289 e. The van der Waals surface area contributed by atoms with E-state index in [1.54, 1.807) is 0 Å². The van der Waals surface area contributed by atoms with Gasteiger partial charge in [-0.1, -0.05) is 91.0 Å². The van der Waals surface area contributed by atoms with E-state index in [1.165, 1.54) is 0 Å². The molecule has 8 rings (SSSR count). The predicted molar refractivity (Wildman–Crippen MR) is 161 cm³/mol. The van der Waals surface area contributed by atoms with E-state index in [1.807, 2.05) is 66.9 Å². The van der Waals surface area contributed by atoms with Crippen LogP contribution < -0.4 is 15.3 Å². The maximum Gasteiger partial charge on any atom is 0.235 e. The average molecular weight is 519 g/mol. The van der Waals surface area contributed by atoms with Gasteiger partial charge in [-0.2, -0.15) is 0 Å². The van der Waals surface area contributed by atoms with E-state index in [9.17, 15) is 0 Å². The van der Waals surface area contributed by atoms with E-state index >= 15 is 4.57 Å². The minimum atomic E-state index is -3.16. The Hall–Kier alpha value is -4.72. The summed E-state index contributed by atoms with van der Waals surface area (Å²) in [5.41, 5.74) is 10.6. The zero-order chi connectivity index (χ0) is 26.0. The number of para-hydroxylation sites is 1. The fraction of sp³-hybridized carbons (Fsp3) is 0. The molecule has 0 radical (unpaired) electrons. The standard InChI is InChI=1S/C35H23N2OP/c38-39-34-14-5-2-10-28(34)27-9-1-4-13-32(27)37(39)33-21-20-26(23-30(33)29-11-3-6-15-35(29)39)24-16-18-25(19-17-24)31-12-7-8-22-36-31/h1-23H. The molecule has 0 amide bonds. The van der Waals surface area contributed by atoms with Crippen LogP contribution in [-0.4, -0.2) is 4.98 Å². The van der Waals surface area contributed by atoms with Gasteiger partial charge in [0.25, 0.3) is 0 Å². The van der Waals surface area contributed by atoms with Gasteiger partial charge in [-0.3, -0.25) is 14.2 Å². The monoisotopic (exact) mass is 518 g/mol. The van der Waals surface area contributed by atoms with Crippen molar-refractivity contribution in [3.8, 4) is 44.6 Å². The lowest BCUT2D eigenvalue weighted by Crippen LogP contribution is -2.37. The molecular weight excluding hydrogens is 495 g/mol. The number of anilines is 2. The summed E-state index contributed by atoms with van der Waals surface area (Å²) in [5.74, 6) is 0. The summed E-state index contributed by atoms with van der Waals surface area (Å²) in [6.07, 6.45) is 1.82. The van der Waals surface area contributed by atoms with Gasteiger partial charge in [0.05, 0.1) is 17.1 Å². The van der Waals surface area contributed by atoms with Crippen molar-refractivity contribution in [2.24, 2.45) is 0 Å². The molecule has 0 N–H and O–H groups in total. The lowest BCUT2D eigenvalue weighted by atomic mass is 9.95. The summed E-state index contributed by atoms with van der Waals surface area (Å²) >= 11 is 0. The first kappa shape index (κ1) is 22.3. The van der Waals surface area contributed by atoms with Crippen LogP contribution in [0.2, 0.25) is 0 Å². The average Bonchev–Trinajstić information content (AvgIpc) is 3.02. The molecule has 1 unspecified atom stereocenters. The molecule has 6 aromatic rings. The van der Waals surface area contributed by atoms with Crippen LogP contribution in [-0.2, 0) is 4.57 Å². The third-order valence-corrected chi connectivity index (χ3v) is 10.9. The summed E-state index contributed by atoms with van der Waals surface area (Å²) in [4.78, 5) is 4.48. The molecule has 0 fully saturated rings. The van der Waals surface area contributed by atoms with Gasteiger partial charge in [0, 0.05) is 33.5 Å². The van der Waals surface area contributed by atoms with Gasteiger partial charge in [0.2, 0.25) is 7.29 Å². The van der Waals surface area contributed by atoms with Crippen LogP contribution in [0.5, 0.6) is 0 Å². The lowest BCUT2D eigenvalue weighted by Gasteiger charge is -2.44. The normalized spacial score (nSPS) is 16.4. The molecule has 3 nitrogen and oxygen atoms in total. The Labute approximate surface area is 227 Å². The van der Waals surface area contributed by atoms with Crippen LogP contribution in [0.3, 0.4) is 0 Å². The smallest absolute Gasteiger partial charge is 0.235 e. The van der Waals surface area contributed by atoms with Crippen molar-refractivity contribution >= 4 is 29.3 Å².